The minimum Gasteiger partial charge on any atom is -0.477 e. The molecule has 0 bridgehead atoms. The first kappa shape index (κ1) is 19.1. The van der Waals surface area contributed by atoms with Crippen LogP contribution in [-0.4, -0.2) is 28.7 Å². The van der Waals surface area contributed by atoms with Crippen molar-refractivity contribution < 1.29 is 24.4 Å². The SMILES string of the molecule is O=C(Nc1ccc([N+](=O)[O-])c(C(=O)O)c1)OCC1c2ccccc2-c2ccccc21. The molecule has 0 radical (unpaired) electrons. The number of anilines is 1. The molecule has 0 unspecified atom stereocenters. The fraction of sp³-hybridized carbons (Fsp3) is 0.0909. The number of nitrogens with zero attached hydrogens (tertiary/aromatic N) is 1. The second-order valence-corrected chi connectivity index (χ2v) is 6.74. The van der Waals surface area contributed by atoms with Crippen molar-refractivity contribution in [3.05, 3.63) is 93.5 Å². The first-order chi connectivity index (χ1) is 14.5. The summed E-state index contributed by atoms with van der Waals surface area (Å²) in [6, 6.07) is 19.1. The second-order valence-electron chi connectivity index (χ2n) is 6.74. The number of amides is 1. The van der Waals surface area contributed by atoms with Crippen LogP contribution in [0.2, 0.25) is 0 Å². The molecule has 2 N–H and O–H groups in total. The molecule has 0 fully saturated rings. The van der Waals surface area contributed by atoms with Gasteiger partial charge in [0.15, 0.2) is 0 Å². The van der Waals surface area contributed by atoms with Gasteiger partial charge in [-0.05, 0) is 34.4 Å². The molecule has 0 aliphatic heterocycles. The highest BCUT2D eigenvalue weighted by atomic mass is 16.6. The molecule has 0 aromatic heterocycles. The summed E-state index contributed by atoms with van der Waals surface area (Å²) < 4.78 is 5.39. The molecular formula is C22H16N2O6. The predicted molar refractivity (Wildman–Crippen MR) is 109 cm³/mol. The number of carboxylic acids is 1. The number of aromatic carboxylic acids is 1. The van der Waals surface area contributed by atoms with E-state index in [1.54, 1.807) is 0 Å². The van der Waals surface area contributed by atoms with Gasteiger partial charge in [-0.2, -0.15) is 0 Å². The van der Waals surface area contributed by atoms with Crippen LogP contribution < -0.4 is 5.32 Å². The average molecular weight is 404 g/mol. The first-order valence-electron chi connectivity index (χ1n) is 9.09. The van der Waals surface area contributed by atoms with Crippen LogP contribution in [0.1, 0.15) is 27.4 Å². The normalized spacial score (nSPS) is 12.0. The Kier molecular flexibility index (Phi) is 4.89. The van der Waals surface area contributed by atoms with Gasteiger partial charge in [0.1, 0.15) is 12.2 Å². The van der Waals surface area contributed by atoms with Crippen molar-refractivity contribution in [2.24, 2.45) is 0 Å². The lowest BCUT2D eigenvalue weighted by atomic mass is 9.98. The fourth-order valence-electron chi connectivity index (χ4n) is 3.70. The number of ether oxygens (including phenoxy) is 1. The number of rotatable bonds is 5. The van der Waals surface area contributed by atoms with Crippen LogP contribution in [0.3, 0.4) is 0 Å². The van der Waals surface area contributed by atoms with E-state index < -0.39 is 28.2 Å². The second kappa shape index (κ2) is 7.67. The summed E-state index contributed by atoms with van der Waals surface area (Å²) in [5, 5.41) is 22.5. The van der Waals surface area contributed by atoms with Crippen molar-refractivity contribution in [1.29, 1.82) is 0 Å². The van der Waals surface area contributed by atoms with E-state index in [-0.39, 0.29) is 18.2 Å². The van der Waals surface area contributed by atoms with Gasteiger partial charge in [0.05, 0.1) is 4.92 Å². The lowest BCUT2D eigenvalue weighted by molar-refractivity contribution is -0.385. The Labute approximate surface area is 170 Å². The van der Waals surface area contributed by atoms with Gasteiger partial charge in [-0.15, -0.1) is 0 Å². The molecule has 0 heterocycles. The third kappa shape index (κ3) is 3.46. The number of nitro groups is 1. The van der Waals surface area contributed by atoms with Crippen LogP contribution in [0.25, 0.3) is 11.1 Å². The number of benzene rings is 3. The monoisotopic (exact) mass is 404 g/mol. The van der Waals surface area contributed by atoms with E-state index >= 15 is 0 Å². The first-order valence-corrected chi connectivity index (χ1v) is 9.09. The molecule has 3 aromatic rings. The zero-order valence-corrected chi connectivity index (χ0v) is 15.6. The number of carboxylic acid groups (broad SMARTS) is 1. The van der Waals surface area contributed by atoms with E-state index in [0.29, 0.717) is 0 Å². The quantitative estimate of drug-likeness (QED) is 0.472. The number of carbonyl (C=O) groups is 2. The summed E-state index contributed by atoms with van der Waals surface area (Å²) in [6.45, 7) is 0.0959. The molecule has 8 heteroatoms. The van der Waals surface area contributed by atoms with Crippen molar-refractivity contribution >= 4 is 23.4 Å². The van der Waals surface area contributed by atoms with Crippen LogP contribution in [-0.2, 0) is 4.74 Å². The summed E-state index contributed by atoms with van der Waals surface area (Å²) in [4.78, 5) is 33.7. The zero-order valence-electron chi connectivity index (χ0n) is 15.6. The van der Waals surface area contributed by atoms with Crippen LogP contribution in [0.4, 0.5) is 16.2 Å². The van der Waals surface area contributed by atoms with Gasteiger partial charge in [-0.25, -0.2) is 9.59 Å². The maximum absolute atomic E-state index is 12.3. The van der Waals surface area contributed by atoms with Crippen molar-refractivity contribution in [2.45, 2.75) is 5.92 Å². The number of fused-ring (bicyclic) bond motifs is 3. The van der Waals surface area contributed by atoms with Gasteiger partial charge >= 0.3 is 12.1 Å². The molecule has 0 spiro atoms. The predicted octanol–water partition coefficient (Wildman–Crippen LogP) is 4.65. The van der Waals surface area contributed by atoms with E-state index in [0.717, 1.165) is 34.4 Å². The Morgan fingerprint density at radius 2 is 1.60 bits per heavy atom. The van der Waals surface area contributed by atoms with Gasteiger partial charge in [-0.1, -0.05) is 48.5 Å². The van der Waals surface area contributed by atoms with E-state index in [4.69, 9.17) is 9.84 Å². The standard InChI is InChI=1S/C22H16N2O6/c25-21(26)18-11-13(9-10-20(18)24(28)29)23-22(27)30-12-19-16-7-3-1-5-14(16)15-6-2-4-8-17(15)19/h1-11,19H,12H2,(H,23,27)(H,25,26). The number of hydrogen-bond acceptors (Lipinski definition) is 5. The van der Waals surface area contributed by atoms with Crippen molar-refractivity contribution in [3.63, 3.8) is 0 Å². The summed E-state index contributed by atoms with van der Waals surface area (Å²) >= 11 is 0. The summed E-state index contributed by atoms with van der Waals surface area (Å²) in [5.74, 6) is -1.58. The lowest BCUT2D eigenvalue weighted by Crippen LogP contribution is -2.18. The summed E-state index contributed by atoms with van der Waals surface area (Å²) in [5.41, 5.74) is 3.35. The summed E-state index contributed by atoms with van der Waals surface area (Å²) in [6.07, 6.45) is -0.776. The Morgan fingerprint density at radius 1 is 1.00 bits per heavy atom. The van der Waals surface area contributed by atoms with Gasteiger partial charge in [0.25, 0.3) is 5.69 Å². The Bertz CT molecular complexity index is 1130. The van der Waals surface area contributed by atoms with Crippen molar-refractivity contribution in [1.82, 2.24) is 0 Å². The van der Waals surface area contributed by atoms with Gasteiger partial charge in [0, 0.05) is 17.7 Å². The maximum Gasteiger partial charge on any atom is 0.411 e. The molecule has 0 atom stereocenters. The number of hydrogen-bond donors (Lipinski definition) is 2. The number of carbonyl (C=O) groups excluding carboxylic acids is 1. The highest BCUT2D eigenvalue weighted by Gasteiger charge is 2.29. The van der Waals surface area contributed by atoms with Crippen LogP contribution in [0, 0.1) is 10.1 Å². The maximum atomic E-state index is 12.3. The molecule has 1 aliphatic carbocycles. The minimum atomic E-state index is -1.46. The third-order valence-corrected chi connectivity index (χ3v) is 5.01. The van der Waals surface area contributed by atoms with E-state index in [9.17, 15) is 19.7 Å². The van der Waals surface area contributed by atoms with Crippen LogP contribution in [0.15, 0.2) is 66.7 Å². The Balaban J connectivity index is 1.49. The number of nitrogens with one attached hydrogen (secondary N) is 1. The van der Waals surface area contributed by atoms with Crippen LogP contribution in [0.5, 0.6) is 0 Å². The summed E-state index contributed by atoms with van der Waals surface area (Å²) in [7, 11) is 0. The molecule has 8 nitrogen and oxygen atoms in total. The molecule has 150 valence electrons. The molecule has 30 heavy (non-hydrogen) atoms. The van der Waals surface area contributed by atoms with E-state index in [1.807, 2.05) is 48.5 Å². The molecule has 3 aromatic carbocycles. The van der Waals surface area contributed by atoms with E-state index in [2.05, 4.69) is 5.32 Å². The van der Waals surface area contributed by atoms with Crippen LogP contribution >= 0.6 is 0 Å². The largest absolute Gasteiger partial charge is 0.477 e. The van der Waals surface area contributed by atoms with Gasteiger partial charge < -0.3 is 9.84 Å². The fourth-order valence-corrected chi connectivity index (χ4v) is 3.70. The molecule has 4 rings (SSSR count). The molecule has 0 saturated carbocycles. The van der Waals surface area contributed by atoms with Gasteiger partial charge in [0.2, 0.25) is 0 Å². The zero-order chi connectivity index (χ0) is 21.3. The highest BCUT2D eigenvalue weighted by molar-refractivity contribution is 5.95. The average Bonchev–Trinajstić information content (AvgIpc) is 3.06. The van der Waals surface area contributed by atoms with Crippen molar-refractivity contribution in [2.75, 3.05) is 11.9 Å². The Morgan fingerprint density at radius 3 is 2.17 bits per heavy atom. The Hall–Kier alpha value is -4.20. The lowest BCUT2D eigenvalue weighted by Gasteiger charge is -2.14. The number of nitro benzene ring substituents is 1. The van der Waals surface area contributed by atoms with Crippen molar-refractivity contribution in [3.8, 4) is 11.1 Å². The molecular weight excluding hydrogens is 388 g/mol. The molecule has 1 amide bonds. The topological polar surface area (TPSA) is 119 Å². The molecule has 1 aliphatic rings. The van der Waals surface area contributed by atoms with Gasteiger partial charge in [-0.3, -0.25) is 15.4 Å². The third-order valence-electron chi connectivity index (χ3n) is 5.01. The smallest absolute Gasteiger partial charge is 0.411 e. The van der Waals surface area contributed by atoms with E-state index in [1.165, 1.54) is 6.07 Å². The molecule has 0 saturated heterocycles. The minimum absolute atomic E-state index is 0.0928. The highest BCUT2D eigenvalue weighted by Crippen LogP contribution is 2.44.